The molecule has 24 heavy (non-hydrogen) atoms. The first-order valence-corrected chi connectivity index (χ1v) is 7.59. The van der Waals surface area contributed by atoms with Crippen LogP contribution in [0.5, 0.6) is 0 Å². The van der Waals surface area contributed by atoms with Gasteiger partial charge in [0.25, 0.3) is 0 Å². The van der Waals surface area contributed by atoms with Crippen LogP contribution in [-0.4, -0.2) is 60.9 Å². The highest BCUT2D eigenvalue weighted by atomic mass is 19.4. The van der Waals surface area contributed by atoms with Crippen molar-refractivity contribution >= 4 is 5.91 Å². The van der Waals surface area contributed by atoms with Crippen molar-refractivity contribution in [3.05, 3.63) is 0 Å². The van der Waals surface area contributed by atoms with Crippen LogP contribution in [0.15, 0.2) is 0 Å². The van der Waals surface area contributed by atoms with E-state index in [9.17, 15) is 18.0 Å². The quantitative estimate of drug-likeness (QED) is 0.798. The maximum atomic E-state index is 12.6. The third kappa shape index (κ3) is 3.38. The Balaban J connectivity index is 1.79. The molecular formula is C14H20F3NO6. The summed E-state index contributed by atoms with van der Waals surface area (Å²) >= 11 is 0. The molecule has 0 bridgehead atoms. The zero-order valence-electron chi connectivity index (χ0n) is 13.7. The first-order valence-electron chi connectivity index (χ1n) is 7.59. The van der Waals surface area contributed by atoms with Gasteiger partial charge in [0.1, 0.15) is 18.3 Å². The Morgan fingerprint density at radius 3 is 2.25 bits per heavy atom. The lowest BCUT2D eigenvalue weighted by molar-refractivity contribution is -0.224. The summed E-state index contributed by atoms with van der Waals surface area (Å²) < 4.78 is 65.9. The van der Waals surface area contributed by atoms with Gasteiger partial charge < -0.3 is 29.0 Å². The largest absolute Gasteiger partial charge is 0.471 e. The van der Waals surface area contributed by atoms with Gasteiger partial charge in [-0.1, -0.05) is 0 Å². The van der Waals surface area contributed by atoms with Crippen molar-refractivity contribution in [3.8, 4) is 0 Å². The van der Waals surface area contributed by atoms with Crippen LogP contribution in [0, 0.1) is 0 Å². The highest BCUT2D eigenvalue weighted by Crippen LogP contribution is 2.41. The van der Waals surface area contributed by atoms with Crippen LogP contribution >= 0.6 is 0 Å². The third-order valence-corrected chi connectivity index (χ3v) is 4.04. The number of amides is 1. The SMILES string of the molecule is CC1(C)O[C@H]2O[C@H]([C@@H]3COC(C)(C)O3)[C@H](NC(=O)C(F)(F)F)[C@H]2O1. The van der Waals surface area contributed by atoms with E-state index >= 15 is 0 Å². The third-order valence-electron chi connectivity index (χ3n) is 4.04. The summed E-state index contributed by atoms with van der Waals surface area (Å²) in [6.45, 7) is 6.72. The highest BCUT2D eigenvalue weighted by Gasteiger charge is 2.59. The molecule has 10 heteroatoms. The van der Waals surface area contributed by atoms with Crippen molar-refractivity contribution in [2.75, 3.05) is 6.61 Å². The summed E-state index contributed by atoms with van der Waals surface area (Å²) in [5.41, 5.74) is 0. The zero-order chi connectivity index (χ0) is 17.9. The van der Waals surface area contributed by atoms with Gasteiger partial charge in [-0.05, 0) is 27.7 Å². The average Bonchev–Trinajstić information content (AvgIpc) is 3.00. The van der Waals surface area contributed by atoms with E-state index in [0.717, 1.165) is 0 Å². The summed E-state index contributed by atoms with van der Waals surface area (Å²) in [6, 6.07) is -1.08. The van der Waals surface area contributed by atoms with E-state index in [1.807, 2.05) is 5.32 Å². The number of carbonyl (C=O) groups excluding carboxylic acids is 1. The van der Waals surface area contributed by atoms with Crippen LogP contribution in [0.25, 0.3) is 0 Å². The van der Waals surface area contributed by atoms with Crippen molar-refractivity contribution in [1.82, 2.24) is 5.32 Å². The minimum atomic E-state index is -5.01. The van der Waals surface area contributed by atoms with Gasteiger partial charge in [0, 0.05) is 0 Å². The number of rotatable bonds is 2. The minimum absolute atomic E-state index is 0.124. The molecule has 138 valence electrons. The van der Waals surface area contributed by atoms with Gasteiger partial charge in [0.05, 0.1) is 12.6 Å². The van der Waals surface area contributed by atoms with Crippen molar-refractivity contribution < 1.29 is 41.7 Å². The lowest BCUT2D eigenvalue weighted by Crippen LogP contribution is -2.55. The first-order chi connectivity index (χ1) is 10.9. The Morgan fingerprint density at radius 1 is 1.04 bits per heavy atom. The normalized spacial score (nSPS) is 40.5. The molecule has 5 atom stereocenters. The molecule has 0 saturated carbocycles. The number of hydrogen-bond acceptors (Lipinski definition) is 6. The molecule has 0 aliphatic carbocycles. The van der Waals surface area contributed by atoms with Crippen molar-refractivity contribution in [1.29, 1.82) is 0 Å². The number of ether oxygens (including phenoxy) is 5. The molecular weight excluding hydrogens is 335 g/mol. The number of nitrogens with one attached hydrogen (secondary N) is 1. The van der Waals surface area contributed by atoms with Crippen molar-refractivity contribution in [2.45, 2.75) is 76.1 Å². The van der Waals surface area contributed by atoms with E-state index in [4.69, 9.17) is 23.7 Å². The maximum Gasteiger partial charge on any atom is 0.471 e. The monoisotopic (exact) mass is 355 g/mol. The van der Waals surface area contributed by atoms with Crippen LogP contribution in [0.2, 0.25) is 0 Å². The smallest absolute Gasteiger partial charge is 0.348 e. The van der Waals surface area contributed by atoms with E-state index < -0.39 is 54.3 Å². The van der Waals surface area contributed by atoms with E-state index in [0.29, 0.717) is 0 Å². The summed E-state index contributed by atoms with van der Waals surface area (Å²) in [7, 11) is 0. The van der Waals surface area contributed by atoms with Gasteiger partial charge in [-0.3, -0.25) is 4.79 Å². The molecule has 3 heterocycles. The summed E-state index contributed by atoms with van der Waals surface area (Å²) in [5.74, 6) is -3.97. The standard InChI is InChI=1S/C14H20F3NO6/c1-12(2)20-5-6(22-12)8-7(18-11(19)14(15,16)17)9-10(21-8)24-13(3,4)23-9/h6-10H,5H2,1-4H3,(H,18,19)/t6-,7-,8+,9+,10+/m0/s1. The predicted octanol–water partition coefficient (Wildman–Crippen LogP) is 1.06. The van der Waals surface area contributed by atoms with Gasteiger partial charge in [-0.2, -0.15) is 13.2 Å². The molecule has 3 aliphatic rings. The van der Waals surface area contributed by atoms with Crippen LogP contribution in [0.1, 0.15) is 27.7 Å². The second kappa shape index (κ2) is 5.53. The Labute approximate surface area is 136 Å². The lowest BCUT2D eigenvalue weighted by Gasteiger charge is -2.29. The first kappa shape index (κ1) is 17.9. The average molecular weight is 355 g/mol. The molecule has 3 saturated heterocycles. The van der Waals surface area contributed by atoms with Gasteiger partial charge in [-0.15, -0.1) is 0 Å². The number of halogens is 3. The number of carbonyl (C=O) groups is 1. The molecule has 1 N–H and O–H groups in total. The number of hydrogen-bond donors (Lipinski definition) is 1. The van der Waals surface area contributed by atoms with E-state index in [1.165, 1.54) is 0 Å². The molecule has 0 unspecified atom stereocenters. The second-order valence-corrected chi connectivity index (χ2v) is 6.93. The summed E-state index contributed by atoms with van der Waals surface area (Å²) in [4.78, 5) is 11.4. The van der Waals surface area contributed by atoms with Crippen molar-refractivity contribution in [3.63, 3.8) is 0 Å². The van der Waals surface area contributed by atoms with Crippen LogP contribution in [0.4, 0.5) is 13.2 Å². The predicted molar refractivity (Wildman–Crippen MR) is 71.6 cm³/mol. The van der Waals surface area contributed by atoms with Crippen LogP contribution in [-0.2, 0) is 28.5 Å². The van der Waals surface area contributed by atoms with Crippen molar-refractivity contribution in [2.24, 2.45) is 0 Å². The van der Waals surface area contributed by atoms with Gasteiger partial charge in [0.2, 0.25) is 0 Å². The molecule has 0 aromatic heterocycles. The Morgan fingerprint density at radius 2 is 1.71 bits per heavy atom. The Hall–Kier alpha value is -0.940. The second-order valence-electron chi connectivity index (χ2n) is 6.93. The molecule has 3 fully saturated rings. The Kier molecular flexibility index (Phi) is 4.12. The molecule has 7 nitrogen and oxygen atoms in total. The fraction of sp³-hybridized carbons (Fsp3) is 0.929. The zero-order valence-corrected chi connectivity index (χ0v) is 13.7. The maximum absolute atomic E-state index is 12.6. The summed E-state index contributed by atoms with van der Waals surface area (Å²) in [5, 5.41) is 1.95. The summed E-state index contributed by atoms with van der Waals surface area (Å²) in [6.07, 6.45) is -8.31. The molecule has 0 radical (unpaired) electrons. The molecule has 0 aromatic rings. The minimum Gasteiger partial charge on any atom is -0.348 e. The molecule has 0 aromatic carbocycles. The Bertz CT molecular complexity index is 523. The van der Waals surface area contributed by atoms with E-state index in [2.05, 4.69) is 0 Å². The fourth-order valence-corrected chi connectivity index (χ4v) is 3.13. The van der Waals surface area contributed by atoms with Crippen LogP contribution in [0.3, 0.4) is 0 Å². The topological polar surface area (TPSA) is 75.3 Å². The lowest BCUT2D eigenvalue weighted by atomic mass is 10.0. The highest BCUT2D eigenvalue weighted by molar-refractivity contribution is 5.82. The van der Waals surface area contributed by atoms with Gasteiger partial charge >= 0.3 is 12.1 Å². The molecule has 3 aliphatic heterocycles. The van der Waals surface area contributed by atoms with Crippen LogP contribution < -0.4 is 5.32 Å². The molecule has 1 amide bonds. The number of alkyl halides is 3. The molecule has 0 spiro atoms. The van der Waals surface area contributed by atoms with E-state index in [1.54, 1.807) is 27.7 Å². The van der Waals surface area contributed by atoms with E-state index in [-0.39, 0.29) is 6.61 Å². The van der Waals surface area contributed by atoms with Gasteiger partial charge in [-0.25, -0.2) is 0 Å². The number of fused-ring (bicyclic) bond motifs is 1. The molecule has 3 rings (SSSR count). The van der Waals surface area contributed by atoms with Gasteiger partial charge in [0.15, 0.2) is 17.9 Å². The fourth-order valence-electron chi connectivity index (χ4n) is 3.13.